The third-order valence-electron chi connectivity index (χ3n) is 3.61. The van der Waals surface area contributed by atoms with E-state index in [0.29, 0.717) is 18.8 Å². The average molecular weight is 228 g/mol. The Morgan fingerprint density at radius 1 is 1.31 bits per heavy atom. The number of esters is 1. The van der Waals surface area contributed by atoms with Crippen LogP contribution in [0.2, 0.25) is 0 Å². The van der Waals surface area contributed by atoms with E-state index in [1.807, 2.05) is 0 Å². The maximum absolute atomic E-state index is 11.8. The van der Waals surface area contributed by atoms with Crippen molar-refractivity contribution < 1.29 is 19.4 Å². The summed E-state index contributed by atoms with van der Waals surface area (Å²) in [7, 11) is 0. The van der Waals surface area contributed by atoms with E-state index in [-0.39, 0.29) is 6.61 Å². The van der Waals surface area contributed by atoms with Gasteiger partial charge in [-0.1, -0.05) is 13.3 Å². The fourth-order valence-corrected chi connectivity index (χ4v) is 2.35. The Morgan fingerprint density at radius 2 is 1.88 bits per heavy atom. The third-order valence-corrected chi connectivity index (χ3v) is 3.61. The lowest BCUT2D eigenvalue weighted by Crippen LogP contribution is -2.43. The number of carbonyl (C=O) groups excluding carboxylic acids is 1. The van der Waals surface area contributed by atoms with Crippen LogP contribution in [0.5, 0.6) is 0 Å². The molecule has 1 aliphatic rings. The van der Waals surface area contributed by atoms with Gasteiger partial charge in [-0.05, 0) is 38.5 Å². The van der Waals surface area contributed by atoms with Crippen LogP contribution in [-0.4, -0.2) is 23.7 Å². The zero-order valence-electron chi connectivity index (χ0n) is 9.99. The van der Waals surface area contributed by atoms with E-state index < -0.39 is 17.4 Å². The second kappa shape index (κ2) is 5.32. The summed E-state index contributed by atoms with van der Waals surface area (Å²) in [6.07, 6.45) is 3.50. The molecule has 0 heterocycles. The molecular formula is C12H20O4. The van der Waals surface area contributed by atoms with Crippen LogP contribution in [0.25, 0.3) is 0 Å². The highest BCUT2D eigenvalue weighted by molar-refractivity contribution is 5.99. The normalized spacial score (nSPS) is 29.8. The molecule has 0 saturated heterocycles. The lowest BCUT2D eigenvalue weighted by molar-refractivity contribution is -0.172. The van der Waals surface area contributed by atoms with Crippen molar-refractivity contribution in [3.05, 3.63) is 0 Å². The molecule has 1 aliphatic carbocycles. The molecular weight excluding hydrogens is 208 g/mol. The molecule has 1 rings (SSSR count). The minimum atomic E-state index is -1.28. The highest BCUT2D eigenvalue weighted by Crippen LogP contribution is 2.41. The number of carboxylic acids is 1. The smallest absolute Gasteiger partial charge is 0.323 e. The topological polar surface area (TPSA) is 63.6 Å². The number of aliphatic carboxylic acids is 1. The van der Waals surface area contributed by atoms with Gasteiger partial charge >= 0.3 is 11.9 Å². The Balaban J connectivity index is 2.76. The fraction of sp³-hybridized carbons (Fsp3) is 0.833. The predicted octanol–water partition coefficient (Wildman–Crippen LogP) is 2.22. The largest absolute Gasteiger partial charge is 0.480 e. The first-order valence-electron chi connectivity index (χ1n) is 5.97. The third kappa shape index (κ3) is 2.36. The molecule has 1 saturated carbocycles. The lowest BCUT2D eigenvalue weighted by atomic mass is 9.70. The van der Waals surface area contributed by atoms with E-state index in [2.05, 4.69) is 6.92 Å². The first kappa shape index (κ1) is 13.0. The van der Waals surface area contributed by atoms with E-state index in [0.717, 1.165) is 19.3 Å². The zero-order valence-corrected chi connectivity index (χ0v) is 9.99. The maximum atomic E-state index is 11.8. The molecule has 0 unspecified atom stereocenters. The monoisotopic (exact) mass is 228 g/mol. The van der Waals surface area contributed by atoms with Crippen LogP contribution in [0, 0.1) is 11.3 Å². The summed E-state index contributed by atoms with van der Waals surface area (Å²) in [6, 6.07) is 0. The van der Waals surface area contributed by atoms with Gasteiger partial charge in [-0.3, -0.25) is 9.59 Å². The van der Waals surface area contributed by atoms with Crippen molar-refractivity contribution >= 4 is 11.9 Å². The van der Waals surface area contributed by atoms with Gasteiger partial charge in [-0.25, -0.2) is 0 Å². The maximum Gasteiger partial charge on any atom is 0.323 e. The van der Waals surface area contributed by atoms with Gasteiger partial charge in [0.25, 0.3) is 0 Å². The Labute approximate surface area is 96.0 Å². The molecule has 1 fully saturated rings. The summed E-state index contributed by atoms with van der Waals surface area (Å²) in [4.78, 5) is 23.0. The standard InChI is InChI=1S/C12H20O4/c1-3-9-5-7-12(8-6-9,10(13)14)11(15)16-4-2/h9H,3-8H2,1-2H3,(H,13,14). The fourth-order valence-electron chi connectivity index (χ4n) is 2.35. The lowest BCUT2D eigenvalue weighted by Gasteiger charge is -2.34. The van der Waals surface area contributed by atoms with Crippen LogP contribution < -0.4 is 0 Å². The molecule has 0 spiro atoms. The van der Waals surface area contributed by atoms with Gasteiger partial charge in [0.2, 0.25) is 0 Å². The summed E-state index contributed by atoms with van der Waals surface area (Å²) >= 11 is 0. The van der Waals surface area contributed by atoms with Crippen LogP contribution >= 0.6 is 0 Å². The molecule has 92 valence electrons. The van der Waals surface area contributed by atoms with Gasteiger partial charge in [-0.15, -0.1) is 0 Å². The van der Waals surface area contributed by atoms with Crippen LogP contribution in [0.15, 0.2) is 0 Å². The number of rotatable bonds is 4. The molecule has 1 N–H and O–H groups in total. The summed E-state index contributed by atoms with van der Waals surface area (Å²) < 4.78 is 4.90. The van der Waals surface area contributed by atoms with Crippen LogP contribution in [0.4, 0.5) is 0 Å². The molecule has 0 aromatic heterocycles. The summed E-state index contributed by atoms with van der Waals surface area (Å²) in [6.45, 7) is 4.04. The summed E-state index contributed by atoms with van der Waals surface area (Å²) in [5.74, 6) is -1.03. The number of hydrogen-bond acceptors (Lipinski definition) is 3. The molecule has 0 amide bonds. The van der Waals surface area contributed by atoms with E-state index >= 15 is 0 Å². The molecule has 0 bridgehead atoms. The molecule has 0 aromatic carbocycles. The number of carbonyl (C=O) groups is 2. The Morgan fingerprint density at radius 3 is 2.25 bits per heavy atom. The van der Waals surface area contributed by atoms with E-state index in [1.54, 1.807) is 6.92 Å². The molecule has 0 atom stereocenters. The zero-order chi connectivity index (χ0) is 12.2. The van der Waals surface area contributed by atoms with Gasteiger partial charge in [0, 0.05) is 0 Å². The average Bonchev–Trinajstić information content (AvgIpc) is 2.29. The van der Waals surface area contributed by atoms with Crippen molar-refractivity contribution in [3.63, 3.8) is 0 Å². The van der Waals surface area contributed by atoms with Gasteiger partial charge < -0.3 is 9.84 Å². The molecule has 0 radical (unpaired) electrons. The van der Waals surface area contributed by atoms with E-state index in [4.69, 9.17) is 4.74 Å². The van der Waals surface area contributed by atoms with Crippen molar-refractivity contribution in [2.45, 2.75) is 46.0 Å². The summed E-state index contributed by atoms with van der Waals surface area (Å²) in [5, 5.41) is 9.24. The molecule has 0 aromatic rings. The van der Waals surface area contributed by atoms with Gasteiger partial charge in [-0.2, -0.15) is 0 Å². The van der Waals surface area contributed by atoms with Gasteiger partial charge in [0.15, 0.2) is 5.41 Å². The van der Waals surface area contributed by atoms with E-state index in [9.17, 15) is 14.7 Å². The predicted molar refractivity (Wildman–Crippen MR) is 59.0 cm³/mol. The minimum absolute atomic E-state index is 0.241. The van der Waals surface area contributed by atoms with Crippen molar-refractivity contribution in [1.82, 2.24) is 0 Å². The quantitative estimate of drug-likeness (QED) is 0.592. The van der Waals surface area contributed by atoms with Crippen molar-refractivity contribution in [2.75, 3.05) is 6.61 Å². The molecule has 16 heavy (non-hydrogen) atoms. The second-order valence-electron chi connectivity index (χ2n) is 4.46. The number of ether oxygens (including phenoxy) is 1. The number of hydrogen-bond donors (Lipinski definition) is 1. The van der Waals surface area contributed by atoms with Crippen LogP contribution in [0.1, 0.15) is 46.0 Å². The minimum Gasteiger partial charge on any atom is -0.480 e. The Bertz CT molecular complexity index is 264. The highest BCUT2D eigenvalue weighted by atomic mass is 16.5. The van der Waals surface area contributed by atoms with E-state index in [1.165, 1.54) is 0 Å². The first-order chi connectivity index (χ1) is 7.56. The number of carboxylic acid groups (broad SMARTS) is 1. The Kier molecular flexibility index (Phi) is 4.33. The Hall–Kier alpha value is -1.06. The van der Waals surface area contributed by atoms with Gasteiger partial charge in [0.1, 0.15) is 0 Å². The van der Waals surface area contributed by atoms with Gasteiger partial charge in [0.05, 0.1) is 6.61 Å². The first-order valence-corrected chi connectivity index (χ1v) is 5.97. The second-order valence-corrected chi connectivity index (χ2v) is 4.46. The van der Waals surface area contributed by atoms with Crippen LogP contribution in [0.3, 0.4) is 0 Å². The SMILES string of the molecule is CCOC(=O)C1(C(=O)O)CCC(CC)CC1. The molecule has 4 heteroatoms. The van der Waals surface area contributed by atoms with Crippen molar-refractivity contribution in [3.8, 4) is 0 Å². The molecule has 0 aliphatic heterocycles. The summed E-state index contributed by atoms with van der Waals surface area (Å²) in [5.41, 5.74) is -1.28. The van der Waals surface area contributed by atoms with Crippen molar-refractivity contribution in [2.24, 2.45) is 11.3 Å². The molecule has 4 nitrogen and oxygen atoms in total. The van der Waals surface area contributed by atoms with Crippen LogP contribution in [-0.2, 0) is 14.3 Å². The van der Waals surface area contributed by atoms with Crippen molar-refractivity contribution in [1.29, 1.82) is 0 Å². The highest BCUT2D eigenvalue weighted by Gasteiger charge is 2.49.